The fourth-order valence-corrected chi connectivity index (χ4v) is 3.40. The second-order valence-electron chi connectivity index (χ2n) is 4.14. The zero-order valence-corrected chi connectivity index (χ0v) is 10.8. The zero-order valence-electron chi connectivity index (χ0n) is 9.95. The lowest BCUT2D eigenvalue weighted by atomic mass is 10.4. The van der Waals surface area contributed by atoms with E-state index in [1.54, 1.807) is 30.3 Å². The molecule has 5 nitrogen and oxygen atoms in total. The predicted octanol–water partition coefficient (Wildman–Crippen LogP) is 0.103. The smallest absolute Gasteiger partial charge is 0.243 e. The number of carbonyl (C=O) groups excluding carboxylic acids is 1. The number of benzene rings is 1. The van der Waals surface area contributed by atoms with E-state index in [-0.39, 0.29) is 6.54 Å². The van der Waals surface area contributed by atoms with Crippen molar-refractivity contribution in [3.63, 3.8) is 0 Å². The van der Waals surface area contributed by atoms with E-state index in [2.05, 4.69) is 0 Å². The van der Waals surface area contributed by atoms with Crippen LogP contribution in [0, 0.1) is 0 Å². The molecule has 97 valence electrons. The Bertz CT molecular complexity index is 493. The highest BCUT2D eigenvalue weighted by atomic mass is 32.2. The molecular formula is C12H15N2O3S. The Morgan fingerprint density at radius 2 is 1.67 bits per heavy atom. The van der Waals surface area contributed by atoms with Crippen LogP contribution in [0.2, 0.25) is 0 Å². The molecule has 0 spiro atoms. The zero-order chi connectivity index (χ0) is 13.0. The topological polar surface area (TPSA) is 57.7 Å². The van der Waals surface area contributed by atoms with Crippen LogP contribution >= 0.6 is 0 Å². The summed E-state index contributed by atoms with van der Waals surface area (Å²) in [5, 5.41) is 0. The van der Waals surface area contributed by atoms with Crippen molar-refractivity contribution in [1.29, 1.82) is 0 Å². The van der Waals surface area contributed by atoms with Gasteiger partial charge in [-0.2, -0.15) is 4.31 Å². The van der Waals surface area contributed by atoms with Gasteiger partial charge in [0.05, 0.1) is 11.4 Å². The monoisotopic (exact) mass is 267 g/mol. The summed E-state index contributed by atoms with van der Waals surface area (Å²) < 4.78 is 26.0. The maximum absolute atomic E-state index is 12.3. The van der Waals surface area contributed by atoms with Crippen LogP contribution in [-0.4, -0.2) is 56.6 Å². The number of piperazine rings is 1. The lowest BCUT2D eigenvalue weighted by Crippen LogP contribution is -2.48. The number of hydrogen-bond donors (Lipinski definition) is 0. The number of nitrogens with zero attached hydrogens (tertiary/aromatic N) is 2. The summed E-state index contributed by atoms with van der Waals surface area (Å²) in [6, 6.07) is 8.41. The lowest BCUT2D eigenvalue weighted by Gasteiger charge is -2.32. The first-order chi connectivity index (χ1) is 8.64. The average Bonchev–Trinajstić information content (AvgIpc) is 2.41. The fraction of sp³-hybridized carbons (Fsp3) is 0.417. The summed E-state index contributed by atoms with van der Waals surface area (Å²) in [5.74, 6) is 0. The minimum Gasteiger partial charge on any atom is -0.293 e. The van der Waals surface area contributed by atoms with Crippen molar-refractivity contribution >= 4 is 16.3 Å². The van der Waals surface area contributed by atoms with E-state index in [9.17, 15) is 13.2 Å². The van der Waals surface area contributed by atoms with Crippen molar-refractivity contribution in [2.45, 2.75) is 4.90 Å². The van der Waals surface area contributed by atoms with E-state index < -0.39 is 10.0 Å². The highest BCUT2D eigenvalue weighted by Gasteiger charge is 2.27. The molecule has 1 heterocycles. The third-order valence-electron chi connectivity index (χ3n) is 3.00. The third kappa shape index (κ3) is 2.77. The van der Waals surface area contributed by atoms with Gasteiger partial charge >= 0.3 is 0 Å². The molecule has 1 fully saturated rings. The van der Waals surface area contributed by atoms with Crippen LogP contribution in [0.4, 0.5) is 0 Å². The largest absolute Gasteiger partial charge is 0.293 e. The van der Waals surface area contributed by atoms with Gasteiger partial charge in [-0.05, 0) is 12.1 Å². The van der Waals surface area contributed by atoms with E-state index in [4.69, 9.17) is 0 Å². The summed E-state index contributed by atoms with van der Waals surface area (Å²) in [6.07, 6.45) is 1.83. The van der Waals surface area contributed by atoms with Crippen LogP contribution in [0.3, 0.4) is 0 Å². The molecule has 0 aliphatic carbocycles. The summed E-state index contributed by atoms with van der Waals surface area (Å²) >= 11 is 0. The number of hydrogen-bond acceptors (Lipinski definition) is 4. The molecule has 0 bridgehead atoms. The summed E-state index contributed by atoms with van der Waals surface area (Å²) in [5.41, 5.74) is 0. The maximum Gasteiger partial charge on any atom is 0.243 e. The summed E-state index contributed by atoms with van der Waals surface area (Å²) in [6.45, 7) is 2.22. The second kappa shape index (κ2) is 5.60. The number of sulfonamides is 1. The predicted molar refractivity (Wildman–Crippen MR) is 67.3 cm³/mol. The molecule has 1 aliphatic rings. The van der Waals surface area contributed by atoms with E-state index in [0.29, 0.717) is 31.1 Å². The van der Waals surface area contributed by atoms with Crippen molar-refractivity contribution in [1.82, 2.24) is 9.21 Å². The van der Waals surface area contributed by atoms with Crippen LogP contribution in [-0.2, 0) is 14.8 Å². The Morgan fingerprint density at radius 1 is 1.06 bits per heavy atom. The van der Waals surface area contributed by atoms with Gasteiger partial charge in [0.15, 0.2) is 0 Å². The first-order valence-electron chi connectivity index (χ1n) is 5.77. The van der Waals surface area contributed by atoms with E-state index in [1.807, 2.05) is 11.2 Å². The van der Waals surface area contributed by atoms with Crippen molar-refractivity contribution in [3.8, 4) is 0 Å². The normalized spacial score (nSPS) is 18.7. The summed E-state index contributed by atoms with van der Waals surface area (Å²) in [4.78, 5) is 12.5. The van der Waals surface area contributed by atoms with Gasteiger partial charge in [0.1, 0.15) is 0 Å². The highest BCUT2D eigenvalue weighted by Crippen LogP contribution is 2.16. The molecule has 1 aromatic carbocycles. The quantitative estimate of drug-likeness (QED) is 0.776. The molecule has 0 unspecified atom stereocenters. The standard InChI is InChI=1S/C12H15N2O3S/c15-11-10-13-6-8-14(9-7-13)18(16,17)12-4-2-1-3-5-12/h1-5H,6-10H2. The minimum absolute atomic E-state index is 0.249. The summed E-state index contributed by atoms with van der Waals surface area (Å²) in [7, 11) is -3.39. The molecule has 1 radical (unpaired) electrons. The van der Waals surface area contributed by atoms with Crippen LogP contribution in [0.5, 0.6) is 0 Å². The molecule has 1 aromatic rings. The Balaban J connectivity index is 2.07. The van der Waals surface area contributed by atoms with Crippen LogP contribution < -0.4 is 0 Å². The fourth-order valence-electron chi connectivity index (χ4n) is 1.96. The van der Waals surface area contributed by atoms with Crippen molar-refractivity contribution in [2.75, 3.05) is 32.7 Å². The molecular weight excluding hydrogens is 252 g/mol. The lowest BCUT2D eigenvalue weighted by molar-refractivity contribution is 0.208. The maximum atomic E-state index is 12.3. The van der Waals surface area contributed by atoms with Crippen molar-refractivity contribution < 1.29 is 13.2 Å². The molecule has 18 heavy (non-hydrogen) atoms. The Morgan fingerprint density at radius 3 is 2.22 bits per heavy atom. The molecule has 0 N–H and O–H groups in total. The van der Waals surface area contributed by atoms with Crippen molar-refractivity contribution in [2.24, 2.45) is 0 Å². The molecule has 0 saturated carbocycles. The molecule has 1 aliphatic heterocycles. The first-order valence-corrected chi connectivity index (χ1v) is 7.21. The average molecular weight is 267 g/mol. The number of rotatable bonds is 4. The van der Waals surface area contributed by atoms with Gasteiger partial charge in [-0.1, -0.05) is 18.2 Å². The third-order valence-corrected chi connectivity index (χ3v) is 4.91. The molecule has 0 aromatic heterocycles. The molecule has 6 heteroatoms. The first kappa shape index (κ1) is 13.2. The Hall–Kier alpha value is -1.24. The van der Waals surface area contributed by atoms with Gasteiger partial charge in [0.2, 0.25) is 16.3 Å². The van der Waals surface area contributed by atoms with Gasteiger partial charge in [-0.25, -0.2) is 8.42 Å². The van der Waals surface area contributed by atoms with Gasteiger partial charge in [-0.15, -0.1) is 0 Å². The van der Waals surface area contributed by atoms with Gasteiger partial charge in [0.25, 0.3) is 0 Å². The second-order valence-corrected chi connectivity index (χ2v) is 6.08. The van der Waals surface area contributed by atoms with E-state index in [1.165, 1.54) is 4.31 Å². The van der Waals surface area contributed by atoms with Crippen LogP contribution in [0.1, 0.15) is 0 Å². The van der Waals surface area contributed by atoms with Gasteiger partial charge in [-0.3, -0.25) is 9.69 Å². The minimum atomic E-state index is -3.39. The highest BCUT2D eigenvalue weighted by molar-refractivity contribution is 7.89. The Kier molecular flexibility index (Phi) is 4.11. The van der Waals surface area contributed by atoms with Crippen LogP contribution in [0.25, 0.3) is 0 Å². The molecule has 2 rings (SSSR count). The van der Waals surface area contributed by atoms with E-state index >= 15 is 0 Å². The molecule has 1 saturated heterocycles. The molecule has 0 atom stereocenters. The van der Waals surface area contributed by atoms with Gasteiger partial charge in [0, 0.05) is 26.2 Å². The van der Waals surface area contributed by atoms with Gasteiger partial charge < -0.3 is 0 Å². The Labute approximate surface area is 107 Å². The SMILES string of the molecule is O=[C]CN1CCN(S(=O)(=O)c2ccccc2)CC1. The van der Waals surface area contributed by atoms with Crippen molar-refractivity contribution in [3.05, 3.63) is 30.3 Å². The van der Waals surface area contributed by atoms with Crippen LogP contribution in [0.15, 0.2) is 35.2 Å². The van der Waals surface area contributed by atoms with E-state index in [0.717, 1.165) is 0 Å². The molecule has 0 amide bonds.